The molecule has 2 aromatic rings. The van der Waals surface area contributed by atoms with E-state index in [1.165, 1.54) is 0 Å². The minimum Gasteiger partial charge on any atom is -0.493 e. The fraction of sp³-hybridized carbons (Fsp3) is 0.467. The van der Waals surface area contributed by atoms with Crippen molar-refractivity contribution in [3.05, 3.63) is 35.9 Å². The van der Waals surface area contributed by atoms with E-state index in [0.29, 0.717) is 6.61 Å². The Hall–Kier alpha value is -2.08. The first-order chi connectivity index (χ1) is 10.2. The van der Waals surface area contributed by atoms with Gasteiger partial charge in [0.25, 0.3) is 0 Å². The Balaban J connectivity index is 2.01. The molecule has 2 rings (SSSR count). The van der Waals surface area contributed by atoms with Gasteiger partial charge >= 0.3 is 0 Å². The van der Waals surface area contributed by atoms with E-state index in [2.05, 4.69) is 22.4 Å². The monoisotopic (exact) mass is 290 g/mol. The number of methoxy groups -OCH3 is 1. The van der Waals surface area contributed by atoms with Crippen LogP contribution in [0, 0.1) is 0 Å². The van der Waals surface area contributed by atoms with E-state index in [1.54, 1.807) is 13.4 Å². The third-order valence-corrected chi connectivity index (χ3v) is 3.27. The van der Waals surface area contributed by atoms with E-state index in [9.17, 15) is 0 Å². The first-order valence-corrected chi connectivity index (χ1v) is 7.02. The average molecular weight is 290 g/mol. The summed E-state index contributed by atoms with van der Waals surface area (Å²) in [6.07, 6.45) is 1.70. The molecule has 0 saturated heterocycles. The molecule has 0 radical (unpaired) electrons. The van der Waals surface area contributed by atoms with Crippen LogP contribution in [0.3, 0.4) is 0 Å². The highest BCUT2D eigenvalue weighted by molar-refractivity contribution is 5.42. The molecule has 21 heavy (non-hydrogen) atoms. The summed E-state index contributed by atoms with van der Waals surface area (Å²) in [6.45, 7) is 5.36. The number of hydrogen-bond donors (Lipinski definition) is 1. The molecule has 1 unspecified atom stereocenters. The van der Waals surface area contributed by atoms with Crippen molar-refractivity contribution >= 4 is 0 Å². The number of aromatic nitrogens is 3. The summed E-state index contributed by atoms with van der Waals surface area (Å²) in [4.78, 5) is 0. The van der Waals surface area contributed by atoms with Crippen LogP contribution in [-0.4, -0.2) is 28.5 Å². The quantitative estimate of drug-likeness (QED) is 0.846. The maximum absolute atomic E-state index is 5.52. The molecule has 0 bridgehead atoms. The van der Waals surface area contributed by atoms with Crippen LogP contribution >= 0.6 is 0 Å². The van der Waals surface area contributed by atoms with Crippen LogP contribution in [0.5, 0.6) is 11.5 Å². The molecule has 0 fully saturated rings. The van der Waals surface area contributed by atoms with Gasteiger partial charge in [0.1, 0.15) is 12.2 Å². The van der Waals surface area contributed by atoms with Crippen molar-refractivity contribution in [1.82, 2.24) is 20.1 Å². The van der Waals surface area contributed by atoms with Crippen LogP contribution in [0.15, 0.2) is 24.5 Å². The number of rotatable bonds is 7. The molecule has 0 saturated carbocycles. The van der Waals surface area contributed by atoms with Gasteiger partial charge in [-0.05, 0) is 31.5 Å². The Morgan fingerprint density at radius 3 is 2.76 bits per heavy atom. The van der Waals surface area contributed by atoms with Crippen molar-refractivity contribution < 1.29 is 9.47 Å². The molecule has 0 aliphatic heterocycles. The van der Waals surface area contributed by atoms with Crippen LogP contribution in [0.1, 0.15) is 31.3 Å². The van der Waals surface area contributed by atoms with Crippen LogP contribution < -0.4 is 14.8 Å². The first-order valence-electron chi connectivity index (χ1n) is 7.02. The Kier molecular flexibility index (Phi) is 5.16. The van der Waals surface area contributed by atoms with Crippen LogP contribution in [-0.2, 0) is 13.6 Å². The number of benzene rings is 1. The van der Waals surface area contributed by atoms with Crippen LogP contribution in [0.4, 0.5) is 0 Å². The van der Waals surface area contributed by atoms with E-state index in [1.807, 2.05) is 36.7 Å². The second-order valence-corrected chi connectivity index (χ2v) is 4.82. The van der Waals surface area contributed by atoms with Gasteiger partial charge in [-0.15, -0.1) is 10.2 Å². The molecule has 6 heteroatoms. The van der Waals surface area contributed by atoms with Gasteiger partial charge < -0.3 is 19.4 Å². The average Bonchev–Trinajstić information content (AvgIpc) is 2.92. The lowest BCUT2D eigenvalue weighted by molar-refractivity contribution is 0.310. The standard InChI is InChI=1S/C15H22N4O2/c1-5-21-13-7-6-12(8-14(13)20-4)9-16-11(2)15-18-17-10-19(15)3/h6-8,10-11,16H,5,9H2,1-4H3. The van der Waals surface area contributed by atoms with Crippen molar-refractivity contribution in [3.8, 4) is 11.5 Å². The number of aryl methyl sites for hydroxylation is 1. The van der Waals surface area contributed by atoms with Crippen molar-refractivity contribution in [1.29, 1.82) is 0 Å². The summed E-state index contributed by atoms with van der Waals surface area (Å²) in [5.74, 6) is 2.43. The summed E-state index contributed by atoms with van der Waals surface area (Å²) in [6, 6.07) is 6.08. The molecule has 1 aromatic heterocycles. The zero-order valence-electron chi connectivity index (χ0n) is 13.0. The predicted molar refractivity (Wildman–Crippen MR) is 80.4 cm³/mol. The zero-order valence-corrected chi connectivity index (χ0v) is 13.0. The second-order valence-electron chi connectivity index (χ2n) is 4.82. The Bertz CT molecular complexity index is 583. The maximum Gasteiger partial charge on any atom is 0.161 e. The molecule has 6 nitrogen and oxygen atoms in total. The maximum atomic E-state index is 5.52. The van der Waals surface area contributed by atoms with Gasteiger partial charge in [0.05, 0.1) is 19.8 Å². The minimum atomic E-state index is 0.120. The molecule has 1 heterocycles. The molecule has 1 atom stereocenters. The molecule has 1 N–H and O–H groups in total. The molecule has 0 aliphatic rings. The van der Waals surface area contributed by atoms with Gasteiger partial charge in [-0.1, -0.05) is 6.07 Å². The highest BCUT2D eigenvalue weighted by atomic mass is 16.5. The number of nitrogens with one attached hydrogen (secondary N) is 1. The lowest BCUT2D eigenvalue weighted by atomic mass is 10.2. The Morgan fingerprint density at radius 2 is 2.14 bits per heavy atom. The topological polar surface area (TPSA) is 61.2 Å². The van der Waals surface area contributed by atoms with Crippen molar-refractivity contribution in [2.45, 2.75) is 26.4 Å². The largest absolute Gasteiger partial charge is 0.493 e. The molecular formula is C15H22N4O2. The second kappa shape index (κ2) is 7.08. The lowest BCUT2D eigenvalue weighted by Crippen LogP contribution is -2.21. The van der Waals surface area contributed by atoms with Crippen molar-refractivity contribution in [3.63, 3.8) is 0 Å². The molecule has 1 aromatic carbocycles. The first kappa shape index (κ1) is 15.3. The SMILES string of the molecule is CCOc1ccc(CNC(C)c2nncn2C)cc1OC. The van der Waals surface area contributed by atoms with Crippen LogP contribution in [0.2, 0.25) is 0 Å². The van der Waals surface area contributed by atoms with E-state index >= 15 is 0 Å². The normalized spacial score (nSPS) is 12.2. The third-order valence-electron chi connectivity index (χ3n) is 3.27. The van der Waals surface area contributed by atoms with E-state index < -0.39 is 0 Å². The molecular weight excluding hydrogens is 268 g/mol. The third kappa shape index (κ3) is 3.72. The van der Waals surface area contributed by atoms with Crippen molar-refractivity contribution in [2.24, 2.45) is 7.05 Å². The minimum absolute atomic E-state index is 0.120. The zero-order chi connectivity index (χ0) is 15.2. The van der Waals surface area contributed by atoms with E-state index in [4.69, 9.17) is 9.47 Å². The summed E-state index contributed by atoms with van der Waals surface area (Å²) < 4.78 is 12.8. The van der Waals surface area contributed by atoms with Gasteiger partial charge in [0, 0.05) is 13.6 Å². The van der Waals surface area contributed by atoms with Gasteiger partial charge in [-0.25, -0.2) is 0 Å². The Morgan fingerprint density at radius 1 is 1.33 bits per heavy atom. The highest BCUT2D eigenvalue weighted by Crippen LogP contribution is 2.28. The fourth-order valence-corrected chi connectivity index (χ4v) is 2.14. The molecule has 114 valence electrons. The summed E-state index contributed by atoms with van der Waals surface area (Å²) in [5.41, 5.74) is 1.13. The number of hydrogen-bond acceptors (Lipinski definition) is 5. The van der Waals surface area contributed by atoms with Gasteiger partial charge in [-0.3, -0.25) is 0 Å². The van der Waals surface area contributed by atoms with Crippen LogP contribution in [0.25, 0.3) is 0 Å². The summed E-state index contributed by atoms with van der Waals surface area (Å²) in [5, 5.41) is 11.4. The van der Waals surface area contributed by atoms with Crippen molar-refractivity contribution in [2.75, 3.05) is 13.7 Å². The van der Waals surface area contributed by atoms with E-state index in [-0.39, 0.29) is 6.04 Å². The number of ether oxygens (including phenoxy) is 2. The Labute approximate surface area is 125 Å². The lowest BCUT2D eigenvalue weighted by Gasteiger charge is -2.14. The van der Waals surface area contributed by atoms with Gasteiger partial charge in [0.2, 0.25) is 0 Å². The molecule has 0 aliphatic carbocycles. The predicted octanol–water partition coefficient (Wildman–Crippen LogP) is 2.07. The number of nitrogens with zero attached hydrogens (tertiary/aromatic N) is 3. The molecule has 0 spiro atoms. The summed E-state index contributed by atoms with van der Waals surface area (Å²) in [7, 11) is 3.59. The summed E-state index contributed by atoms with van der Waals surface area (Å²) >= 11 is 0. The van der Waals surface area contributed by atoms with E-state index in [0.717, 1.165) is 29.4 Å². The molecule has 0 amide bonds. The van der Waals surface area contributed by atoms with Gasteiger partial charge in [-0.2, -0.15) is 0 Å². The fourth-order valence-electron chi connectivity index (χ4n) is 2.14. The highest BCUT2D eigenvalue weighted by Gasteiger charge is 2.11. The smallest absolute Gasteiger partial charge is 0.161 e. The van der Waals surface area contributed by atoms with Gasteiger partial charge in [0.15, 0.2) is 11.5 Å².